The van der Waals surface area contributed by atoms with E-state index in [1.165, 1.54) is 18.2 Å². The van der Waals surface area contributed by atoms with Crippen molar-refractivity contribution in [2.24, 2.45) is 0 Å². The molecular formula is C24H23ClN2O4S. The molecule has 0 aliphatic rings. The average Bonchev–Trinajstić information content (AvgIpc) is 2.75. The summed E-state index contributed by atoms with van der Waals surface area (Å²) in [6, 6.07) is 16.1. The molecule has 0 saturated carbocycles. The van der Waals surface area contributed by atoms with Crippen LogP contribution in [0.3, 0.4) is 0 Å². The second-order valence-corrected chi connectivity index (χ2v) is 9.19. The summed E-state index contributed by atoms with van der Waals surface area (Å²) in [6.45, 7) is 7.80. The first-order valence-electron chi connectivity index (χ1n) is 9.74. The minimum Gasteiger partial charge on any atom is -0.490 e. The standard InChI is InChI=1S/C24H23ClN2O4S/c1-4-13-31-21-10-8-19(9-11-21)26-24(28)18-6-12-22(25)23(15-18)32(29,30)27-20-7-5-16(2)17(3)14-20/h4-12,14-15,27H,1,13H2,2-3H3,(H,26,28). The van der Waals surface area contributed by atoms with Gasteiger partial charge in [-0.1, -0.05) is 30.3 Å². The lowest BCUT2D eigenvalue weighted by Crippen LogP contribution is -2.16. The van der Waals surface area contributed by atoms with E-state index in [1.807, 2.05) is 19.9 Å². The molecule has 0 aromatic heterocycles. The highest BCUT2D eigenvalue weighted by Gasteiger charge is 2.21. The topological polar surface area (TPSA) is 84.5 Å². The van der Waals surface area contributed by atoms with Gasteiger partial charge in [-0.25, -0.2) is 8.42 Å². The third-order valence-corrected chi connectivity index (χ3v) is 6.58. The van der Waals surface area contributed by atoms with Gasteiger partial charge in [0.2, 0.25) is 0 Å². The third kappa shape index (κ3) is 5.69. The average molecular weight is 471 g/mol. The number of nitrogens with one attached hydrogen (secondary N) is 2. The number of ether oxygens (including phenoxy) is 1. The fraction of sp³-hybridized carbons (Fsp3) is 0.125. The smallest absolute Gasteiger partial charge is 0.263 e. The fourth-order valence-electron chi connectivity index (χ4n) is 2.86. The number of aryl methyl sites for hydroxylation is 2. The quantitative estimate of drug-likeness (QED) is 0.421. The molecule has 0 aliphatic carbocycles. The van der Waals surface area contributed by atoms with Gasteiger partial charge in [0.25, 0.3) is 15.9 Å². The minimum atomic E-state index is -4.00. The van der Waals surface area contributed by atoms with E-state index in [9.17, 15) is 13.2 Å². The van der Waals surface area contributed by atoms with Gasteiger partial charge in [0.1, 0.15) is 17.3 Å². The molecule has 0 heterocycles. The SMILES string of the molecule is C=CCOc1ccc(NC(=O)c2ccc(Cl)c(S(=O)(=O)Nc3ccc(C)c(C)c3)c2)cc1. The molecule has 0 saturated heterocycles. The molecule has 0 atom stereocenters. The van der Waals surface area contributed by atoms with E-state index in [4.69, 9.17) is 16.3 Å². The first kappa shape index (κ1) is 23.4. The summed E-state index contributed by atoms with van der Waals surface area (Å²) in [7, 11) is -4.00. The fourth-order valence-corrected chi connectivity index (χ4v) is 4.43. The van der Waals surface area contributed by atoms with Gasteiger partial charge in [0.15, 0.2) is 0 Å². The second-order valence-electron chi connectivity index (χ2n) is 7.13. The van der Waals surface area contributed by atoms with Gasteiger partial charge in [-0.15, -0.1) is 0 Å². The van der Waals surface area contributed by atoms with Crippen LogP contribution in [0.4, 0.5) is 11.4 Å². The second kappa shape index (κ2) is 9.89. The Morgan fingerprint density at radius 3 is 2.34 bits per heavy atom. The summed E-state index contributed by atoms with van der Waals surface area (Å²) < 4.78 is 33.8. The van der Waals surface area contributed by atoms with Crippen molar-refractivity contribution in [2.75, 3.05) is 16.6 Å². The normalized spacial score (nSPS) is 11.0. The maximum absolute atomic E-state index is 12.9. The highest BCUT2D eigenvalue weighted by atomic mass is 35.5. The molecule has 32 heavy (non-hydrogen) atoms. The summed E-state index contributed by atoms with van der Waals surface area (Å²) in [5, 5.41) is 2.75. The van der Waals surface area contributed by atoms with Crippen molar-refractivity contribution in [2.45, 2.75) is 18.7 Å². The molecular weight excluding hydrogens is 448 g/mol. The van der Waals surface area contributed by atoms with Gasteiger partial charge in [-0.2, -0.15) is 0 Å². The summed E-state index contributed by atoms with van der Waals surface area (Å²) in [6.07, 6.45) is 1.64. The van der Waals surface area contributed by atoms with E-state index in [2.05, 4.69) is 16.6 Å². The van der Waals surface area contributed by atoms with Crippen molar-refractivity contribution >= 4 is 38.9 Å². The Kier molecular flexibility index (Phi) is 7.22. The molecule has 166 valence electrons. The monoisotopic (exact) mass is 470 g/mol. The van der Waals surface area contributed by atoms with E-state index in [0.717, 1.165) is 11.1 Å². The maximum Gasteiger partial charge on any atom is 0.263 e. The van der Waals surface area contributed by atoms with Gasteiger partial charge in [0.05, 0.1) is 5.02 Å². The van der Waals surface area contributed by atoms with E-state index in [-0.39, 0.29) is 15.5 Å². The van der Waals surface area contributed by atoms with Gasteiger partial charge in [-0.05, 0) is 79.6 Å². The number of carbonyl (C=O) groups excluding carboxylic acids is 1. The lowest BCUT2D eigenvalue weighted by Gasteiger charge is -2.12. The molecule has 0 unspecified atom stereocenters. The molecule has 0 aliphatic heterocycles. The van der Waals surface area contributed by atoms with Crippen LogP contribution in [-0.4, -0.2) is 20.9 Å². The number of anilines is 2. The molecule has 3 rings (SSSR count). The predicted octanol–water partition coefficient (Wildman–Crippen LogP) is 5.57. The Morgan fingerprint density at radius 1 is 1.00 bits per heavy atom. The summed E-state index contributed by atoms with van der Waals surface area (Å²) in [4.78, 5) is 12.5. The molecule has 3 aromatic carbocycles. The number of benzene rings is 3. The summed E-state index contributed by atoms with van der Waals surface area (Å²) in [5.74, 6) is 0.171. The van der Waals surface area contributed by atoms with Crippen molar-refractivity contribution < 1.29 is 17.9 Å². The van der Waals surface area contributed by atoms with E-state index in [1.54, 1.807) is 42.5 Å². The van der Waals surface area contributed by atoms with Gasteiger partial charge in [0, 0.05) is 16.9 Å². The number of hydrogen-bond acceptors (Lipinski definition) is 4. The molecule has 0 fully saturated rings. The molecule has 0 bridgehead atoms. The molecule has 8 heteroatoms. The van der Waals surface area contributed by atoms with Crippen LogP contribution in [0.15, 0.2) is 78.2 Å². The molecule has 3 aromatic rings. The minimum absolute atomic E-state index is 0.0154. The van der Waals surface area contributed by atoms with Crippen molar-refractivity contribution in [3.05, 3.63) is 95.0 Å². The number of halogens is 1. The zero-order valence-corrected chi connectivity index (χ0v) is 19.3. The van der Waals surface area contributed by atoms with Crippen LogP contribution in [-0.2, 0) is 10.0 Å². The Balaban J connectivity index is 1.80. The Labute approximate surface area is 192 Å². The summed E-state index contributed by atoms with van der Waals surface area (Å²) in [5.41, 5.74) is 3.10. The lowest BCUT2D eigenvalue weighted by atomic mass is 10.1. The maximum atomic E-state index is 12.9. The Hall–Kier alpha value is -3.29. The summed E-state index contributed by atoms with van der Waals surface area (Å²) >= 11 is 6.16. The van der Waals surface area contributed by atoms with Crippen molar-refractivity contribution in [3.63, 3.8) is 0 Å². The number of rotatable bonds is 8. The van der Waals surface area contributed by atoms with Crippen LogP contribution in [0, 0.1) is 13.8 Å². The zero-order chi connectivity index (χ0) is 23.3. The number of carbonyl (C=O) groups is 1. The van der Waals surface area contributed by atoms with E-state index in [0.29, 0.717) is 23.7 Å². The van der Waals surface area contributed by atoms with Gasteiger partial charge in [-0.3, -0.25) is 9.52 Å². The van der Waals surface area contributed by atoms with Crippen LogP contribution in [0.5, 0.6) is 5.75 Å². The number of hydrogen-bond donors (Lipinski definition) is 2. The lowest BCUT2D eigenvalue weighted by molar-refractivity contribution is 0.102. The number of sulfonamides is 1. The molecule has 2 N–H and O–H groups in total. The first-order chi connectivity index (χ1) is 15.2. The van der Waals surface area contributed by atoms with Crippen molar-refractivity contribution in [1.29, 1.82) is 0 Å². The highest BCUT2D eigenvalue weighted by Crippen LogP contribution is 2.26. The van der Waals surface area contributed by atoms with Crippen LogP contribution in [0.1, 0.15) is 21.5 Å². The van der Waals surface area contributed by atoms with Crippen LogP contribution >= 0.6 is 11.6 Å². The van der Waals surface area contributed by atoms with E-state index < -0.39 is 15.9 Å². The third-order valence-electron chi connectivity index (χ3n) is 4.72. The van der Waals surface area contributed by atoms with E-state index >= 15 is 0 Å². The van der Waals surface area contributed by atoms with Gasteiger partial charge >= 0.3 is 0 Å². The number of amides is 1. The van der Waals surface area contributed by atoms with Crippen LogP contribution in [0.2, 0.25) is 5.02 Å². The molecule has 6 nitrogen and oxygen atoms in total. The van der Waals surface area contributed by atoms with Crippen molar-refractivity contribution in [1.82, 2.24) is 0 Å². The largest absolute Gasteiger partial charge is 0.490 e. The van der Waals surface area contributed by atoms with Crippen LogP contribution < -0.4 is 14.8 Å². The zero-order valence-electron chi connectivity index (χ0n) is 17.7. The van der Waals surface area contributed by atoms with Gasteiger partial charge < -0.3 is 10.1 Å². The van der Waals surface area contributed by atoms with Crippen molar-refractivity contribution in [3.8, 4) is 5.75 Å². The Bertz CT molecular complexity index is 1260. The first-order valence-corrected chi connectivity index (χ1v) is 11.6. The molecule has 0 spiro atoms. The molecule has 1 amide bonds. The molecule has 0 radical (unpaired) electrons. The Morgan fingerprint density at radius 2 is 1.69 bits per heavy atom. The van der Waals surface area contributed by atoms with Crippen LogP contribution in [0.25, 0.3) is 0 Å². The predicted molar refractivity (Wildman–Crippen MR) is 128 cm³/mol. The highest BCUT2D eigenvalue weighted by molar-refractivity contribution is 7.92.